The first kappa shape index (κ1) is 20.0. The maximum atomic E-state index is 5.88. The van der Waals surface area contributed by atoms with Gasteiger partial charge in [0.05, 0.1) is 19.3 Å². The Balaban J connectivity index is 0.00000225. The Morgan fingerprint density at radius 2 is 1.79 bits per heavy atom. The fourth-order valence-corrected chi connectivity index (χ4v) is 3.15. The third-order valence-corrected chi connectivity index (χ3v) is 4.56. The molecule has 4 aromatic rings. The Morgan fingerprint density at radius 3 is 2.68 bits per heavy atom. The predicted molar refractivity (Wildman–Crippen MR) is 119 cm³/mol. The molecule has 28 heavy (non-hydrogen) atoms. The molecule has 0 atom stereocenters. The van der Waals surface area contributed by atoms with Gasteiger partial charge >= 0.3 is 0 Å². The highest BCUT2D eigenvalue weighted by Gasteiger charge is 2.08. The van der Waals surface area contributed by atoms with Gasteiger partial charge in [-0.05, 0) is 35.2 Å². The Kier molecular flexibility index (Phi) is 7.09. The number of pyridine rings is 1. The summed E-state index contributed by atoms with van der Waals surface area (Å²) in [4.78, 5) is 3.21. The van der Waals surface area contributed by atoms with E-state index in [9.17, 15) is 0 Å². The van der Waals surface area contributed by atoms with E-state index in [-0.39, 0.29) is 17.0 Å². The van der Waals surface area contributed by atoms with E-state index >= 15 is 0 Å². The summed E-state index contributed by atoms with van der Waals surface area (Å²) in [7, 11) is 0. The molecule has 0 unspecified atom stereocenters. The molecule has 144 valence electrons. The zero-order valence-corrected chi connectivity index (χ0v) is 17.4. The van der Waals surface area contributed by atoms with Crippen LogP contribution in [0.15, 0.2) is 85.2 Å². The normalized spacial score (nSPS) is 10.4. The molecule has 2 N–H and O–H groups in total. The zero-order chi connectivity index (χ0) is 18.3. The number of rotatable bonds is 8. The standard InChI is InChI=1S/C23H23N3O.BrH/c1-2-7-19(8-3-1)18-26-15-5-4-9-23(26)25-13-6-16-27-21-11-10-20-12-14-24-22(20)17-21;/h1-5,7-12,14-15,17,24H,6,13,16,18H2;1H/p+1. The maximum Gasteiger partial charge on any atom is 0.274 e. The summed E-state index contributed by atoms with van der Waals surface area (Å²) in [5, 5.41) is 4.73. The van der Waals surface area contributed by atoms with E-state index in [1.54, 1.807) is 0 Å². The highest BCUT2D eigenvalue weighted by atomic mass is 79.9. The van der Waals surface area contributed by atoms with Crippen molar-refractivity contribution in [1.82, 2.24) is 4.98 Å². The summed E-state index contributed by atoms with van der Waals surface area (Å²) in [6.07, 6.45) is 4.99. The molecule has 0 radical (unpaired) electrons. The van der Waals surface area contributed by atoms with Gasteiger partial charge in [-0.1, -0.05) is 36.4 Å². The van der Waals surface area contributed by atoms with Crippen LogP contribution in [0.25, 0.3) is 10.9 Å². The first-order chi connectivity index (χ1) is 13.4. The molecular formula is C23H25BrN3O+. The maximum absolute atomic E-state index is 5.88. The Bertz CT molecular complexity index is 1000. The number of hydrogen-bond acceptors (Lipinski definition) is 2. The van der Waals surface area contributed by atoms with Crippen molar-refractivity contribution in [3.05, 3.63) is 90.8 Å². The topological polar surface area (TPSA) is 40.9 Å². The third-order valence-electron chi connectivity index (χ3n) is 4.56. The number of hydrogen-bond donors (Lipinski definition) is 2. The molecule has 0 amide bonds. The number of nitrogens with one attached hydrogen (secondary N) is 2. The molecule has 0 saturated carbocycles. The van der Waals surface area contributed by atoms with Gasteiger partial charge < -0.3 is 9.72 Å². The second-order valence-electron chi connectivity index (χ2n) is 6.55. The number of halogens is 1. The molecule has 0 saturated heterocycles. The van der Waals surface area contributed by atoms with Gasteiger partial charge in [-0.25, -0.2) is 4.57 Å². The van der Waals surface area contributed by atoms with Crippen LogP contribution in [-0.2, 0) is 6.54 Å². The molecule has 2 heterocycles. The van der Waals surface area contributed by atoms with Crippen LogP contribution in [0, 0.1) is 0 Å². The molecule has 4 nitrogen and oxygen atoms in total. The monoisotopic (exact) mass is 438 g/mol. The van der Waals surface area contributed by atoms with Crippen LogP contribution >= 0.6 is 17.0 Å². The van der Waals surface area contributed by atoms with Gasteiger partial charge in [0.1, 0.15) is 12.3 Å². The molecule has 2 aromatic heterocycles. The Morgan fingerprint density at radius 1 is 0.929 bits per heavy atom. The number of anilines is 1. The van der Waals surface area contributed by atoms with Crippen LogP contribution in [0.3, 0.4) is 0 Å². The van der Waals surface area contributed by atoms with Gasteiger partial charge in [-0.2, -0.15) is 0 Å². The van der Waals surface area contributed by atoms with Gasteiger partial charge in [0, 0.05) is 30.3 Å². The first-order valence-electron chi connectivity index (χ1n) is 9.35. The fourth-order valence-electron chi connectivity index (χ4n) is 3.15. The van der Waals surface area contributed by atoms with E-state index in [0.29, 0.717) is 6.61 Å². The molecule has 0 spiro atoms. The number of aromatic amines is 1. The average molecular weight is 439 g/mol. The molecule has 5 heteroatoms. The van der Waals surface area contributed by atoms with Crippen molar-refractivity contribution in [3.8, 4) is 5.75 Å². The summed E-state index contributed by atoms with van der Waals surface area (Å²) in [6, 6.07) is 25.0. The number of benzene rings is 2. The van der Waals surface area contributed by atoms with Crippen molar-refractivity contribution in [2.24, 2.45) is 0 Å². The van der Waals surface area contributed by atoms with E-state index in [0.717, 1.165) is 36.6 Å². The van der Waals surface area contributed by atoms with E-state index in [1.807, 2.05) is 24.4 Å². The van der Waals surface area contributed by atoms with Gasteiger partial charge in [-0.15, -0.1) is 17.0 Å². The van der Waals surface area contributed by atoms with E-state index in [2.05, 4.69) is 75.7 Å². The third kappa shape index (κ3) is 5.14. The lowest BCUT2D eigenvalue weighted by molar-refractivity contribution is -0.674. The summed E-state index contributed by atoms with van der Waals surface area (Å²) in [5.41, 5.74) is 2.40. The quantitative estimate of drug-likeness (QED) is 0.301. The summed E-state index contributed by atoms with van der Waals surface area (Å²) >= 11 is 0. The number of nitrogens with zero attached hydrogens (tertiary/aromatic N) is 1. The predicted octanol–water partition coefficient (Wildman–Crippen LogP) is 4.96. The van der Waals surface area contributed by atoms with Crippen molar-refractivity contribution in [2.75, 3.05) is 18.5 Å². The number of ether oxygens (including phenoxy) is 1. The highest BCUT2D eigenvalue weighted by molar-refractivity contribution is 8.93. The summed E-state index contributed by atoms with van der Waals surface area (Å²) in [5.74, 6) is 2.03. The Hall–Kier alpha value is -2.79. The fraction of sp³-hybridized carbons (Fsp3) is 0.174. The molecule has 0 aliphatic rings. The molecule has 0 aliphatic heterocycles. The lowest BCUT2D eigenvalue weighted by atomic mass is 10.2. The summed E-state index contributed by atoms with van der Waals surface area (Å²) in [6.45, 7) is 2.41. The van der Waals surface area contributed by atoms with Gasteiger partial charge in [-0.3, -0.25) is 5.32 Å². The lowest BCUT2D eigenvalue weighted by Crippen LogP contribution is -2.37. The van der Waals surface area contributed by atoms with Gasteiger partial charge in [0.25, 0.3) is 5.82 Å². The van der Waals surface area contributed by atoms with Crippen molar-refractivity contribution in [1.29, 1.82) is 0 Å². The van der Waals surface area contributed by atoms with E-state index in [4.69, 9.17) is 4.74 Å². The minimum atomic E-state index is 0. The second-order valence-corrected chi connectivity index (χ2v) is 6.55. The zero-order valence-electron chi connectivity index (χ0n) is 15.7. The molecule has 0 bridgehead atoms. The van der Waals surface area contributed by atoms with E-state index < -0.39 is 0 Å². The first-order valence-corrected chi connectivity index (χ1v) is 9.35. The Labute approximate surface area is 176 Å². The van der Waals surface area contributed by atoms with Crippen molar-refractivity contribution in [2.45, 2.75) is 13.0 Å². The van der Waals surface area contributed by atoms with Gasteiger partial charge in [0.2, 0.25) is 0 Å². The molecule has 0 aliphatic carbocycles. The number of aromatic nitrogens is 2. The van der Waals surface area contributed by atoms with Crippen molar-refractivity contribution < 1.29 is 9.30 Å². The van der Waals surface area contributed by atoms with Crippen LogP contribution in [-0.4, -0.2) is 18.1 Å². The van der Waals surface area contributed by atoms with Crippen molar-refractivity contribution in [3.63, 3.8) is 0 Å². The molecule has 4 rings (SSSR count). The largest absolute Gasteiger partial charge is 0.493 e. The molecule has 0 fully saturated rings. The van der Waals surface area contributed by atoms with E-state index in [1.165, 1.54) is 10.9 Å². The highest BCUT2D eigenvalue weighted by Crippen LogP contribution is 2.19. The van der Waals surface area contributed by atoms with Crippen LogP contribution in [0.4, 0.5) is 5.82 Å². The SMILES string of the molecule is Br.c1ccc(C[n+]2ccccc2NCCCOc2ccc3cc[nH]c3c2)cc1. The average Bonchev–Trinajstić information content (AvgIpc) is 3.18. The number of H-pyrrole nitrogens is 1. The van der Waals surface area contributed by atoms with Gasteiger partial charge in [0.15, 0.2) is 0 Å². The summed E-state index contributed by atoms with van der Waals surface area (Å²) < 4.78 is 8.11. The minimum absolute atomic E-state index is 0. The van der Waals surface area contributed by atoms with Crippen LogP contribution in [0.2, 0.25) is 0 Å². The van der Waals surface area contributed by atoms with Crippen LogP contribution in [0.1, 0.15) is 12.0 Å². The molecular weight excluding hydrogens is 414 g/mol. The smallest absolute Gasteiger partial charge is 0.274 e. The molecule has 2 aromatic carbocycles. The van der Waals surface area contributed by atoms with Crippen molar-refractivity contribution >= 4 is 33.7 Å². The van der Waals surface area contributed by atoms with Crippen LogP contribution < -0.4 is 14.6 Å². The minimum Gasteiger partial charge on any atom is -0.493 e. The number of fused-ring (bicyclic) bond motifs is 1. The second kappa shape index (κ2) is 9.95. The van der Waals surface area contributed by atoms with Crippen LogP contribution in [0.5, 0.6) is 5.75 Å². The lowest BCUT2D eigenvalue weighted by Gasteiger charge is -2.08.